The molecule has 0 N–H and O–H groups in total. The molecule has 0 bridgehead atoms. The number of rotatable bonds is 4. The minimum atomic E-state index is -3.73. The van der Waals surface area contributed by atoms with E-state index in [0.717, 1.165) is 44.5 Å². The van der Waals surface area contributed by atoms with E-state index >= 15 is 0 Å². The minimum Gasteiger partial charge on any atom is -0.368 e. The zero-order valence-corrected chi connectivity index (χ0v) is 19.1. The number of carbonyl (C=O) groups is 1. The van der Waals surface area contributed by atoms with E-state index in [2.05, 4.69) is 17.0 Å². The van der Waals surface area contributed by atoms with Crippen molar-refractivity contribution in [2.24, 2.45) is 0 Å². The molecular weight excluding hydrogens is 434 g/mol. The lowest BCUT2D eigenvalue weighted by atomic mass is 10.1. The van der Waals surface area contributed by atoms with E-state index in [0.29, 0.717) is 31.7 Å². The van der Waals surface area contributed by atoms with E-state index in [1.807, 2.05) is 18.2 Å². The molecule has 1 amide bonds. The molecule has 31 heavy (non-hydrogen) atoms. The van der Waals surface area contributed by atoms with Crippen molar-refractivity contribution < 1.29 is 13.2 Å². The topological polar surface area (TPSA) is 60.9 Å². The van der Waals surface area contributed by atoms with Gasteiger partial charge >= 0.3 is 0 Å². The Bertz CT molecular complexity index is 1010. The summed E-state index contributed by atoms with van der Waals surface area (Å²) in [4.78, 5) is 17.2. The van der Waals surface area contributed by atoms with Crippen molar-refractivity contribution in [1.82, 2.24) is 9.21 Å². The number of hydrogen-bond acceptors (Lipinski definition) is 4. The lowest BCUT2D eigenvalue weighted by molar-refractivity contribution is 0.0746. The van der Waals surface area contributed by atoms with E-state index in [1.165, 1.54) is 16.4 Å². The molecule has 2 aliphatic rings. The summed E-state index contributed by atoms with van der Waals surface area (Å²) >= 11 is 6.28. The molecule has 8 heteroatoms. The van der Waals surface area contributed by atoms with Crippen LogP contribution in [0, 0.1) is 0 Å². The lowest BCUT2D eigenvalue weighted by Crippen LogP contribution is -2.48. The van der Waals surface area contributed by atoms with Gasteiger partial charge in [0.05, 0.1) is 5.02 Å². The average Bonchev–Trinajstić information content (AvgIpc) is 3.10. The van der Waals surface area contributed by atoms with Gasteiger partial charge in [0.15, 0.2) is 0 Å². The van der Waals surface area contributed by atoms with Crippen LogP contribution in [-0.4, -0.2) is 62.8 Å². The summed E-state index contributed by atoms with van der Waals surface area (Å²) in [6.07, 6.45) is 3.77. The monoisotopic (exact) mass is 461 g/mol. The summed E-state index contributed by atoms with van der Waals surface area (Å²) < 4.78 is 28.0. The molecule has 2 fully saturated rings. The highest BCUT2D eigenvalue weighted by Crippen LogP contribution is 2.28. The molecule has 2 aromatic carbocycles. The molecule has 2 heterocycles. The number of carbonyl (C=O) groups excluding carboxylic acids is 1. The first-order chi connectivity index (χ1) is 15.0. The number of benzene rings is 2. The molecule has 6 nitrogen and oxygen atoms in total. The maximum Gasteiger partial charge on any atom is 0.254 e. The number of piperazine rings is 1. The van der Waals surface area contributed by atoms with Crippen LogP contribution in [-0.2, 0) is 10.0 Å². The SMILES string of the molecule is O=C(c1ccc(Cl)c(S(=O)(=O)N2CCCCCC2)c1)N1CCN(c2ccccc2)CC1. The second-order valence-corrected chi connectivity index (χ2v) is 10.4. The molecule has 0 saturated carbocycles. The number of para-hydroxylation sites is 1. The first kappa shape index (κ1) is 22.1. The first-order valence-corrected chi connectivity index (χ1v) is 12.7. The van der Waals surface area contributed by atoms with Gasteiger partial charge in [-0.25, -0.2) is 8.42 Å². The van der Waals surface area contributed by atoms with Crippen LogP contribution in [0.1, 0.15) is 36.0 Å². The maximum atomic E-state index is 13.2. The Balaban J connectivity index is 1.49. The summed E-state index contributed by atoms with van der Waals surface area (Å²) in [7, 11) is -3.73. The third-order valence-corrected chi connectivity index (χ3v) is 8.43. The Labute approximate surface area is 189 Å². The van der Waals surface area contributed by atoms with Crippen molar-refractivity contribution in [2.45, 2.75) is 30.6 Å². The van der Waals surface area contributed by atoms with Gasteiger partial charge in [-0.2, -0.15) is 4.31 Å². The van der Waals surface area contributed by atoms with Crippen LogP contribution in [0.25, 0.3) is 0 Å². The van der Waals surface area contributed by atoms with Gasteiger partial charge < -0.3 is 9.80 Å². The number of anilines is 1. The summed E-state index contributed by atoms with van der Waals surface area (Å²) in [5.74, 6) is -0.156. The van der Waals surface area contributed by atoms with Gasteiger partial charge in [-0.05, 0) is 43.2 Å². The number of sulfonamides is 1. The Morgan fingerprint density at radius 2 is 1.45 bits per heavy atom. The number of nitrogens with zero attached hydrogens (tertiary/aromatic N) is 3. The highest BCUT2D eigenvalue weighted by Gasteiger charge is 2.29. The Kier molecular flexibility index (Phi) is 6.84. The van der Waals surface area contributed by atoms with Gasteiger partial charge in [-0.1, -0.05) is 42.6 Å². The van der Waals surface area contributed by atoms with Crippen LogP contribution < -0.4 is 4.90 Å². The van der Waals surface area contributed by atoms with E-state index < -0.39 is 10.0 Å². The van der Waals surface area contributed by atoms with Crippen LogP contribution in [0.3, 0.4) is 0 Å². The van der Waals surface area contributed by atoms with Crippen LogP contribution in [0.15, 0.2) is 53.4 Å². The van der Waals surface area contributed by atoms with E-state index in [1.54, 1.807) is 11.0 Å². The van der Waals surface area contributed by atoms with Gasteiger partial charge in [0.1, 0.15) is 4.90 Å². The maximum absolute atomic E-state index is 13.2. The molecule has 0 radical (unpaired) electrons. The normalized spacial score (nSPS) is 18.6. The molecular formula is C23H28ClN3O3S. The molecule has 0 unspecified atom stereocenters. The van der Waals surface area contributed by atoms with Gasteiger partial charge in [0.2, 0.25) is 10.0 Å². The second-order valence-electron chi connectivity index (χ2n) is 8.08. The molecule has 4 rings (SSSR count). The van der Waals surface area contributed by atoms with E-state index in [4.69, 9.17) is 11.6 Å². The van der Waals surface area contributed by atoms with Crippen molar-refractivity contribution in [3.8, 4) is 0 Å². The molecule has 166 valence electrons. The smallest absolute Gasteiger partial charge is 0.254 e. The number of amides is 1. The molecule has 0 spiro atoms. The Morgan fingerprint density at radius 3 is 2.10 bits per heavy atom. The molecule has 0 aromatic heterocycles. The van der Waals surface area contributed by atoms with Crippen LogP contribution >= 0.6 is 11.6 Å². The number of hydrogen-bond donors (Lipinski definition) is 0. The minimum absolute atomic E-state index is 0.0323. The van der Waals surface area contributed by atoms with Gasteiger partial charge in [-0.3, -0.25) is 4.79 Å². The predicted molar refractivity (Wildman–Crippen MR) is 123 cm³/mol. The van der Waals surface area contributed by atoms with Crippen molar-refractivity contribution in [1.29, 1.82) is 0 Å². The molecule has 0 aliphatic carbocycles. The first-order valence-electron chi connectivity index (χ1n) is 10.9. The van der Waals surface area contributed by atoms with Crippen molar-refractivity contribution in [2.75, 3.05) is 44.2 Å². The summed E-state index contributed by atoms with van der Waals surface area (Å²) in [5, 5.41) is 0.162. The largest absolute Gasteiger partial charge is 0.368 e. The highest BCUT2D eigenvalue weighted by atomic mass is 35.5. The fourth-order valence-electron chi connectivity index (χ4n) is 4.24. The van der Waals surface area contributed by atoms with Crippen LogP contribution in [0.2, 0.25) is 5.02 Å². The molecule has 0 atom stereocenters. The third-order valence-electron chi connectivity index (χ3n) is 6.05. The van der Waals surface area contributed by atoms with Gasteiger partial charge in [0, 0.05) is 50.5 Å². The lowest BCUT2D eigenvalue weighted by Gasteiger charge is -2.36. The quantitative estimate of drug-likeness (QED) is 0.693. The van der Waals surface area contributed by atoms with Gasteiger partial charge in [0.25, 0.3) is 5.91 Å². The standard InChI is InChI=1S/C23H28ClN3O3S/c24-21-11-10-19(18-22(21)31(29,30)27-12-6-1-2-7-13-27)23(28)26-16-14-25(15-17-26)20-8-4-3-5-9-20/h3-5,8-11,18H,1-2,6-7,12-17H2. The molecule has 2 aliphatic heterocycles. The fraction of sp³-hybridized carbons (Fsp3) is 0.435. The predicted octanol–water partition coefficient (Wildman–Crippen LogP) is 3.87. The van der Waals surface area contributed by atoms with E-state index in [9.17, 15) is 13.2 Å². The van der Waals surface area contributed by atoms with Crippen molar-refractivity contribution in [3.05, 3.63) is 59.1 Å². The third kappa shape index (κ3) is 4.89. The summed E-state index contributed by atoms with van der Waals surface area (Å²) in [5.41, 5.74) is 1.51. The molecule has 2 aromatic rings. The zero-order chi connectivity index (χ0) is 21.8. The van der Waals surface area contributed by atoms with Crippen LogP contribution in [0.4, 0.5) is 5.69 Å². The van der Waals surface area contributed by atoms with Gasteiger partial charge in [-0.15, -0.1) is 0 Å². The van der Waals surface area contributed by atoms with E-state index in [-0.39, 0.29) is 15.8 Å². The Hall–Kier alpha value is -2.09. The average molecular weight is 462 g/mol. The summed E-state index contributed by atoms with van der Waals surface area (Å²) in [6, 6.07) is 14.7. The second kappa shape index (κ2) is 9.59. The van der Waals surface area contributed by atoms with Crippen molar-refractivity contribution >= 4 is 33.2 Å². The highest BCUT2D eigenvalue weighted by molar-refractivity contribution is 7.89. The number of halogens is 1. The molecule has 2 saturated heterocycles. The fourth-order valence-corrected chi connectivity index (χ4v) is 6.26. The van der Waals surface area contributed by atoms with Crippen molar-refractivity contribution in [3.63, 3.8) is 0 Å². The Morgan fingerprint density at radius 1 is 0.806 bits per heavy atom. The van der Waals surface area contributed by atoms with Crippen LogP contribution in [0.5, 0.6) is 0 Å². The zero-order valence-electron chi connectivity index (χ0n) is 17.5. The summed E-state index contributed by atoms with van der Waals surface area (Å²) in [6.45, 7) is 3.65.